The summed E-state index contributed by atoms with van der Waals surface area (Å²) in [5, 5.41) is 0.0632. The molecule has 0 N–H and O–H groups in total. The van der Waals surface area contributed by atoms with E-state index in [2.05, 4.69) is 11.5 Å². The van der Waals surface area contributed by atoms with Crippen LogP contribution < -0.4 is 0 Å². The molecule has 0 radical (unpaired) electrons. The van der Waals surface area contributed by atoms with Crippen LogP contribution >= 0.6 is 11.8 Å². The summed E-state index contributed by atoms with van der Waals surface area (Å²) >= 11 is 1.35. The molecule has 5 heteroatoms. The molecule has 1 atom stereocenters. The number of hydrogen-bond acceptors (Lipinski definition) is 5. The molecule has 4 nitrogen and oxygen atoms in total. The highest BCUT2D eigenvalue weighted by Gasteiger charge is 2.46. The van der Waals surface area contributed by atoms with Crippen molar-refractivity contribution >= 4 is 28.7 Å². The fourth-order valence-corrected chi connectivity index (χ4v) is 5.02. The van der Waals surface area contributed by atoms with Crippen LogP contribution in [0.15, 0.2) is 30.8 Å². The average Bonchev–Trinajstić information content (AvgIpc) is 2.71. The lowest BCUT2D eigenvalue weighted by molar-refractivity contribution is -0.138. The van der Waals surface area contributed by atoms with E-state index in [9.17, 15) is 9.59 Å². The van der Waals surface area contributed by atoms with Gasteiger partial charge in [-0.2, -0.15) is 0 Å². The number of nitrogens with zero attached hydrogens (tertiary/aromatic N) is 1. The van der Waals surface area contributed by atoms with Crippen molar-refractivity contribution in [2.24, 2.45) is 5.41 Å². The Bertz CT molecular complexity index is 667. The van der Waals surface area contributed by atoms with Crippen LogP contribution in [0.5, 0.6) is 0 Å². The molecule has 1 aromatic carbocycles. The summed E-state index contributed by atoms with van der Waals surface area (Å²) in [5.41, 5.74) is 1.26. The molecule has 1 aliphatic heterocycles. The molecule has 0 aromatic heterocycles. The van der Waals surface area contributed by atoms with Crippen molar-refractivity contribution in [1.29, 1.82) is 0 Å². The Hall–Kier alpha value is -1.43. The van der Waals surface area contributed by atoms with E-state index < -0.39 is 5.41 Å². The zero-order valence-electron chi connectivity index (χ0n) is 16.0. The number of ketones is 1. The Kier molecular flexibility index (Phi) is 7.27. The minimum atomic E-state index is -0.844. The molecule has 146 valence electrons. The Morgan fingerprint density at radius 1 is 1.22 bits per heavy atom. The number of carbonyl (C=O) groups is 2. The normalized spacial score (nSPS) is 23.9. The summed E-state index contributed by atoms with van der Waals surface area (Å²) in [4.78, 5) is 28.4. The highest BCUT2D eigenvalue weighted by Crippen LogP contribution is 2.40. The van der Waals surface area contributed by atoms with Crippen LogP contribution in [-0.4, -0.2) is 54.4 Å². The van der Waals surface area contributed by atoms with Crippen molar-refractivity contribution < 1.29 is 14.3 Å². The van der Waals surface area contributed by atoms with Gasteiger partial charge in [0.15, 0.2) is 0 Å². The number of hydrogen-bond donors (Lipinski definition) is 0. The standard InChI is InChI=1S/C22H29NO3S/c1-2-18-6-8-19(9-7-18)17-22(10-4-3-5-20(22)24)21(25)27-16-13-23-11-14-26-15-12-23/h2,6-9H,1,3-5,10-17H2. The number of thioether (sulfide) groups is 1. The van der Waals surface area contributed by atoms with Gasteiger partial charge in [-0.05, 0) is 30.4 Å². The minimum absolute atomic E-state index is 0.0632. The Morgan fingerprint density at radius 3 is 2.63 bits per heavy atom. The first-order valence-corrected chi connectivity index (χ1v) is 10.8. The van der Waals surface area contributed by atoms with Crippen LogP contribution in [0.4, 0.5) is 0 Å². The van der Waals surface area contributed by atoms with E-state index in [-0.39, 0.29) is 10.9 Å². The number of Topliss-reactive ketones (excluding diaryl/α,β-unsaturated/α-hetero) is 1. The molecule has 1 heterocycles. The van der Waals surface area contributed by atoms with Gasteiger partial charge in [-0.25, -0.2) is 0 Å². The third-order valence-corrected chi connectivity index (χ3v) is 6.69. The fraction of sp³-hybridized carbons (Fsp3) is 0.545. The van der Waals surface area contributed by atoms with Gasteiger partial charge in [-0.3, -0.25) is 14.5 Å². The lowest BCUT2D eigenvalue weighted by atomic mass is 9.70. The van der Waals surface area contributed by atoms with E-state index in [0.29, 0.717) is 19.3 Å². The van der Waals surface area contributed by atoms with E-state index in [1.54, 1.807) is 6.08 Å². The zero-order chi connectivity index (χ0) is 19.1. The molecule has 2 aliphatic rings. The summed E-state index contributed by atoms with van der Waals surface area (Å²) in [5.74, 6) is 0.869. The monoisotopic (exact) mass is 387 g/mol. The lowest BCUT2D eigenvalue weighted by Crippen LogP contribution is -2.43. The van der Waals surface area contributed by atoms with Gasteiger partial charge in [0.05, 0.1) is 13.2 Å². The first-order chi connectivity index (χ1) is 13.1. The summed E-state index contributed by atoms with van der Waals surface area (Å²) in [6, 6.07) is 8.04. The fourth-order valence-electron chi connectivity index (χ4n) is 3.92. The summed E-state index contributed by atoms with van der Waals surface area (Å²) in [6.07, 6.45) is 5.39. The molecule has 1 aliphatic carbocycles. The smallest absolute Gasteiger partial charge is 0.202 e. The van der Waals surface area contributed by atoms with Crippen molar-refractivity contribution in [3.05, 3.63) is 42.0 Å². The lowest BCUT2D eigenvalue weighted by Gasteiger charge is -2.34. The maximum atomic E-state index is 13.2. The number of rotatable bonds is 7. The molecule has 0 spiro atoms. The predicted molar refractivity (Wildman–Crippen MR) is 111 cm³/mol. The van der Waals surface area contributed by atoms with E-state index in [1.807, 2.05) is 24.3 Å². The number of ether oxygens (including phenoxy) is 1. The van der Waals surface area contributed by atoms with Crippen LogP contribution in [0.2, 0.25) is 0 Å². The van der Waals surface area contributed by atoms with Crippen molar-refractivity contribution in [2.75, 3.05) is 38.6 Å². The summed E-state index contributed by atoms with van der Waals surface area (Å²) in [6.45, 7) is 8.03. The summed E-state index contributed by atoms with van der Waals surface area (Å²) < 4.78 is 5.37. The Morgan fingerprint density at radius 2 is 1.96 bits per heavy atom. The molecule has 1 unspecified atom stereocenters. The van der Waals surface area contributed by atoms with E-state index in [4.69, 9.17) is 4.74 Å². The molecule has 27 heavy (non-hydrogen) atoms. The number of morpholine rings is 1. The van der Waals surface area contributed by atoms with Gasteiger partial charge in [0.25, 0.3) is 0 Å². The Balaban J connectivity index is 1.66. The molecule has 1 saturated carbocycles. The van der Waals surface area contributed by atoms with E-state index in [0.717, 1.165) is 62.6 Å². The molecule has 3 rings (SSSR count). The van der Waals surface area contributed by atoms with Gasteiger partial charge in [-0.15, -0.1) is 0 Å². The van der Waals surface area contributed by atoms with Gasteiger partial charge >= 0.3 is 0 Å². The quantitative estimate of drug-likeness (QED) is 0.669. The first-order valence-electron chi connectivity index (χ1n) is 9.86. The predicted octanol–water partition coefficient (Wildman–Crippen LogP) is 3.59. The highest BCUT2D eigenvalue weighted by atomic mass is 32.2. The topological polar surface area (TPSA) is 46.6 Å². The Labute approximate surface area is 166 Å². The molecular formula is C22H29NO3S. The second-order valence-corrected chi connectivity index (χ2v) is 8.49. The first kappa shape index (κ1) is 20.3. The molecule has 1 aromatic rings. The highest BCUT2D eigenvalue weighted by molar-refractivity contribution is 8.13. The molecule has 1 saturated heterocycles. The van der Waals surface area contributed by atoms with Gasteiger partial charge < -0.3 is 4.74 Å². The SMILES string of the molecule is C=Cc1ccc(CC2(C(=O)SCCN3CCOCC3)CCCCC2=O)cc1. The maximum Gasteiger partial charge on any atom is 0.202 e. The zero-order valence-corrected chi connectivity index (χ0v) is 16.8. The molecule has 0 bridgehead atoms. The van der Waals surface area contributed by atoms with Gasteiger partial charge in [0, 0.05) is 31.8 Å². The largest absolute Gasteiger partial charge is 0.379 e. The van der Waals surface area contributed by atoms with E-state index >= 15 is 0 Å². The van der Waals surface area contributed by atoms with Crippen molar-refractivity contribution in [2.45, 2.75) is 32.1 Å². The average molecular weight is 388 g/mol. The van der Waals surface area contributed by atoms with Crippen molar-refractivity contribution in [3.63, 3.8) is 0 Å². The second kappa shape index (κ2) is 9.67. The molecule has 0 amide bonds. The van der Waals surface area contributed by atoms with Crippen LogP contribution in [-0.2, 0) is 20.7 Å². The van der Waals surface area contributed by atoms with Gasteiger partial charge in [-0.1, -0.05) is 55.1 Å². The van der Waals surface area contributed by atoms with Crippen LogP contribution in [0.3, 0.4) is 0 Å². The van der Waals surface area contributed by atoms with Crippen LogP contribution in [0.1, 0.15) is 36.8 Å². The van der Waals surface area contributed by atoms with Crippen molar-refractivity contribution in [3.8, 4) is 0 Å². The molecule has 2 fully saturated rings. The van der Waals surface area contributed by atoms with Crippen LogP contribution in [0.25, 0.3) is 6.08 Å². The number of carbonyl (C=O) groups excluding carboxylic acids is 2. The minimum Gasteiger partial charge on any atom is -0.379 e. The van der Waals surface area contributed by atoms with Gasteiger partial charge in [0.2, 0.25) is 5.12 Å². The summed E-state index contributed by atoms with van der Waals surface area (Å²) in [7, 11) is 0. The third-order valence-electron chi connectivity index (χ3n) is 5.65. The van der Waals surface area contributed by atoms with Gasteiger partial charge in [0.1, 0.15) is 11.2 Å². The second-order valence-electron chi connectivity index (χ2n) is 7.42. The van der Waals surface area contributed by atoms with Crippen LogP contribution in [0, 0.1) is 5.41 Å². The van der Waals surface area contributed by atoms with E-state index in [1.165, 1.54) is 11.8 Å². The number of benzene rings is 1. The van der Waals surface area contributed by atoms with Crippen molar-refractivity contribution in [1.82, 2.24) is 4.90 Å². The third kappa shape index (κ3) is 5.09. The molecular weight excluding hydrogens is 358 g/mol. The maximum absolute atomic E-state index is 13.2.